The van der Waals surface area contributed by atoms with Gasteiger partial charge in [-0.2, -0.15) is 13.2 Å². The molecule has 0 saturated heterocycles. The van der Waals surface area contributed by atoms with Gasteiger partial charge in [-0.15, -0.1) is 0 Å². The van der Waals surface area contributed by atoms with Gasteiger partial charge >= 0.3 is 6.18 Å². The second-order valence-corrected chi connectivity index (χ2v) is 5.32. The average molecular weight is 325 g/mol. The summed E-state index contributed by atoms with van der Waals surface area (Å²) < 4.78 is 37.8. The number of alkyl halides is 3. The molecule has 2 rings (SSSR count). The molecule has 0 radical (unpaired) electrons. The Labute approximate surface area is 128 Å². The van der Waals surface area contributed by atoms with Crippen molar-refractivity contribution in [2.24, 2.45) is 0 Å². The van der Waals surface area contributed by atoms with Crippen LogP contribution in [0.5, 0.6) is 0 Å². The zero-order valence-electron chi connectivity index (χ0n) is 11.6. The lowest BCUT2D eigenvalue weighted by molar-refractivity contribution is -0.137. The first-order chi connectivity index (χ1) is 10.3. The summed E-state index contributed by atoms with van der Waals surface area (Å²) in [7, 11) is 0. The van der Waals surface area contributed by atoms with Crippen molar-refractivity contribution in [2.75, 3.05) is 5.32 Å². The number of hydrogen-bond acceptors (Lipinski definition) is 4. The van der Waals surface area contributed by atoms with E-state index in [1.165, 1.54) is 13.1 Å². The fraction of sp³-hybridized carbons (Fsp3) is 0.214. The van der Waals surface area contributed by atoms with Crippen molar-refractivity contribution >= 4 is 22.4 Å². The number of thiazole rings is 1. The first kappa shape index (κ1) is 16.0. The Bertz CT molecular complexity index is 772. The van der Waals surface area contributed by atoms with Gasteiger partial charge in [0.2, 0.25) is 5.91 Å². The summed E-state index contributed by atoms with van der Waals surface area (Å²) in [6.07, 6.45) is -2.45. The van der Waals surface area contributed by atoms with Crippen molar-refractivity contribution in [1.82, 2.24) is 9.97 Å². The number of aromatic nitrogens is 2. The van der Waals surface area contributed by atoms with E-state index in [4.69, 9.17) is 0 Å². The van der Waals surface area contributed by atoms with Gasteiger partial charge in [-0.05, 0) is 18.9 Å². The molecule has 0 aliphatic heterocycles. The predicted octanol–water partition coefficient (Wildman–Crippen LogP) is 3.22. The highest BCUT2D eigenvalue weighted by atomic mass is 32.1. The number of carbonyl (C=O) groups excluding carboxylic acids is 1. The smallest absolute Gasteiger partial charge is 0.302 e. The van der Waals surface area contributed by atoms with Crippen molar-refractivity contribution in [3.63, 3.8) is 0 Å². The van der Waals surface area contributed by atoms with Gasteiger partial charge < -0.3 is 5.32 Å². The third-order valence-electron chi connectivity index (χ3n) is 2.47. The van der Waals surface area contributed by atoms with Crippen LogP contribution in [0.25, 0.3) is 0 Å². The van der Waals surface area contributed by atoms with Crippen LogP contribution in [0.15, 0.2) is 18.5 Å². The molecule has 114 valence electrons. The maximum absolute atomic E-state index is 12.6. The number of halogens is 3. The third kappa shape index (κ3) is 4.05. The van der Waals surface area contributed by atoms with Crippen LogP contribution in [0.3, 0.4) is 0 Å². The first-order valence-corrected chi connectivity index (χ1v) is 6.86. The highest BCUT2D eigenvalue weighted by Gasteiger charge is 2.30. The van der Waals surface area contributed by atoms with Crippen LogP contribution >= 0.6 is 11.3 Å². The van der Waals surface area contributed by atoms with Crippen LogP contribution in [0.1, 0.15) is 28.6 Å². The van der Waals surface area contributed by atoms with Crippen molar-refractivity contribution in [3.8, 4) is 11.8 Å². The molecule has 8 heteroatoms. The Morgan fingerprint density at radius 1 is 1.32 bits per heavy atom. The second-order valence-electron chi connectivity index (χ2n) is 4.32. The molecular formula is C14H10F3N3OS. The molecule has 0 atom stereocenters. The Balaban J connectivity index is 2.27. The lowest BCUT2D eigenvalue weighted by Crippen LogP contribution is -2.05. The minimum Gasteiger partial charge on any atom is -0.302 e. The van der Waals surface area contributed by atoms with Crippen molar-refractivity contribution in [3.05, 3.63) is 40.2 Å². The van der Waals surface area contributed by atoms with Crippen molar-refractivity contribution < 1.29 is 18.0 Å². The van der Waals surface area contributed by atoms with Gasteiger partial charge in [0.15, 0.2) is 5.13 Å². The number of hydrogen-bond donors (Lipinski definition) is 1. The number of rotatable bonds is 1. The molecule has 1 amide bonds. The molecule has 0 aromatic carbocycles. The van der Waals surface area contributed by atoms with E-state index in [2.05, 4.69) is 27.1 Å². The van der Waals surface area contributed by atoms with Gasteiger partial charge in [0, 0.05) is 24.9 Å². The summed E-state index contributed by atoms with van der Waals surface area (Å²) in [6.45, 7) is 3.06. The number of pyridine rings is 1. The molecule has 2 aromatic heterocycles. The van der Waals surface area contributed by atoms with Crippen molar-refractivity contribution in [2.45, 2.75) is 20.0 Å². The van der Waals surface area contributed by atoms with Gasteiger partial charge in [0.25, 0.3) is 0 Å². The largest absolute Gasteiger partial charge is 0.417 e. The third-order valence-corrected chi connectivity index (χ3v) is 3.45. The fourth-order valence-corrected chi connectivity index (χ4v) is 2.37. The predicted molar refractivity (Wildman–Crippen MR) is 76.4 cm³/mol. The van der Waals surface area contributed by atoms with Crippen LogP contribution in [0.4, 0.5) is 18.3 Å². The summed E-state index contributed by atoms with van der Waals surface area (Å²) in [6, 6.07) is 0.936. The Morgan fingerprint density at radius 2 is 2.05 bits per heavy atom. The van der Waals surface area contributed by atoms with Crippen LogP contribution in [-0.2, 0) is 11.0 Å². The standard InChI is InChI=1S/C14H10F3N3OS/c1-8-12(22-13(19-8)20-9(2)21)4-3-10-5-11(7-18-6-10)14(15,16)17/h5-7H,1-2H3,(H,19,20,21). The number of nitrogens with one attached hydrogen (secondary N) is 1. The Kier molecular flexibility index (Phi) is 4.47. The average Bonchev–Trinajstić information content (AvgIpc) is 2.75. The van der Waals surface area contributed by atoms with Gasteiger partial charge in [0.1, 0.15) is 4.88 Å². The van der Waals surface area contributed by atoms with Gasteiger partial charge in [-0.3, -0.25) is 9.78 Å². The minimum atomic E-state index is -4.45. The fourth-order valence-electron chi connectivity index (χ4n) is 1.51. The molecule has 0 aliphatic carbocycles. The Hall–Kier alpha value is -2.40. The second kappa shape index (κ2) is 6.15. The molecular weight excluding hydrogens is 315 g/mol. The monoisotopic (exact) mass is 325 g/mol. The number of aryl methyl sites for hydroxylation is 1. The van der Waals surface area contributed by atoms with E-state index in [0.29, 0.717) is 15.7 Å². The molecule has 0 bridgehead atoms. The van der Waals surface area contributed by atoms with Gasteiger partial charge in [-0.1, -0.05) is 17.3 Å². The van der Waals surface area contributed by atoms with Gasteiger partial charge in [-0.25, -0.2) is 4.98 Å². The molecule has 22 heavy (non-hydrogen) atoms. The zero-order valence-corrected chi connectivity index (χ0v) is 12.4. The highest BCUT2D eigenvalue weighted by Crippen LogP contribution is 2.28. The zero-order chi connectivity index (χ0) is 16.3. The molecule has 0 aliphatic rings. The molecule has 0 saturated carbocycles. The van der Waals surface area contributed by atoms with Gasteiger partial charge in [0.05, 0.1) is 11.3 Å². The van der Waals surface area contributed by atoms with Crippen molar-refractivity contribution in [1.29, 1.82) is 0 Å². The first-order valence-electron chi connectivity index (χ1n) is 6.05. The van der Waals surface area contributed by atoms with E-state index in [1.54, 1.807) is 6.92 Å². The molecule has 0 fully saturated rings. The summed E-state index contributed by atoms with van der Waals surface area (Å²) >= 11 is 1.16. The number of amides is 1. The quantitative estimate of drug-likeness (QED) is 0.819. The molecule has 0 unspecified atom stereocenters. The van der Waals surface area contributed by atoms with E-state index >= 15 is 0 Å². The minimum absolute atomic E-state index is 0.156. The summed E-state index contributed by atoms with van der Waals surface area (Å²) in [5.41, 5.74) is -0.0934. The van der Waals surface area contributed by atoms with Crippen LogP contribution < -0.4 is 5.32 Å². The van der Waals surface area contributed by atoms with Crippen LogP contribution in [0, 0.1) is 18.8 Å². The molecule has 2 aromatic rings. The van der Waals surface area contributed by atoms with Crippen LogP contribution in [0.2, 0.25) is 0 Å². The number of nitrogens with zero attached hydrogens (tertiary/aromatic N) is 2. The van der Waals surface area contributed by atoms with Crippen LogP contribution in [-0.4, -0.2) is 15.9 Å². The lowest BCUT2D eigenvalue weighted by Gasteiger charge is -2.04. The van der Waals surface area contributed by atoms with E-state index in [9.17, 15) is 18.0 Å². The van der Waals surface area contributed by atoms with E-state index < -0.39 is 11.7 Å². The molecule has 4 nitrogen and oxygen atoms in total. The maximum Gasteiger partial charge on any atom is 0.417 e. The Morgan fingerprint density at radius 3 is 2.68 bits per heavy atom. The van der Waals surface area contributed by atoms with E-state index in [-0.39, 0.29) is 11.5 Å². The highest BCUT2D eigenvalue weighted by molar-refractivity contribution is 7.16. The molecule has 1 N–H and O–H groups in total. The normalized spacial score (nSPS) is 10.8. The number of carbonyl (C=O) groups is 1. The summed E-state index contributed by atoms with van der Waals surface area (Å²) in [4.78, 5) is 19.2. The lowest BCUT2D eigenvalue weighted by atomic mass is 10.2. The summed E-state index contributed by atoms with van der Waals surface area (Å²) in [5.74, 6) is 5.12. The number of anilines is 1. The topological polar surface area (TPSA) is 54.9 Å². The summed E-state index contributed by atoms with van der Waals surface area (Å²) in [5, 5.41) is 2.93. The van der Waals surface area contributed by atoms with E-state index in [0.717, 1.165) is 23.6 Å². The SMILES string of the molecule is CC(=O)Nc1nc(C)c(C#Cc2cncc(C(F)(F)F)c2)s1. The molecule has 0 spiro atoms. The van der Waals surface area contributed by atoms with E-state index in [1.807, 2.05) is 0 Å². The maximum atomic E-state index is 12.6. The molecule has 2 heterocycles.